The zero-order valence-corrected chi connectivity index (χ0v) is 11.0. The summed E-state index contributed by atoms with van der Waals surface area (Å²) in [7, 11) is 0. The molecular formula is C9H6Cl4O3. The smallest absolute Gasteiger partial charge is 0.344 e. The van der Waals surface area contributed by atoms with E-state index in [1.165, 1.54) is 13.0 Å². The van der Waals surface area contributed by atoms with Crippen LogP contribution in [-0.2, 0) is 4.79 Å². The Hall–Kier alpha value is -0.350. The molecule has 1 atom stereocenters. The molecule has 0 fully saturated rings. The number of rotatable bonds is 3. The van der Waals surface area contributed by atoms with Gasteiger partial charge in [-0.15, -0.1) is 0 Å². The van der Waals surface area contributed by atoms with Crippen LogP contribution in [0.25, 0.3) is 0 Å². The zero-order chi connectivity index (χ0) is 12.5. The van der Waals surface area contributed by atoms with Crippen molar-refractivity contribution >= 4 is 52.4 Å². The number of carboxylic acids is 1. The molecule has 0 unspecified atom stereocenters. The van der Waals surface area contributed by atoms with E-state index in [4.69, 9.17) is 56.2 Å². The third-order valence-corrected chi connectivity index (χ3v) is 3.24. The zero-order valence-electron chi connectivity index (χ0n) is 7.93. The van der Waals surface area contributed by atoms with Gasteiger partial charge in [0.25, 0.3) is 0 Å². The predicted molar refractivity (Wildman–Crippen MR) is 64.2 cm³/mol. The van der Waals surface area contributed by atoms with Crippen LogP contribution in [0.3, 0.4) is 0 Å². The molecule has 7 heteroatoms. The maximum atomic E-state index is 10.6. The summed E-state index contributed by atoms with van der Waals surface area (Å²) in [5.41, 5.74) is 0. The van der Waals surface area contributed by atoms with Gasteiger partial charge in [-0.2, -0.15) is 0 Å². The maximum Gasteiger partial charge on any atom is 0.344 e. The van der Waals surface area contributed by atoms with Gasteiger partial charge in [0.2, 0.25) is 0 Å². The van der Waals surface area contributed by atoms with Gasteiger partial charge in [-0.25, -0.2) is 4.79 Å². The van der Waals surface area contributed by atoms with Gasteiger partial charge in [0, 0.05) is 0 Å². The standard InChI is InChI=1S/C9H6Cl4O3/c1-3(9(14)15)16-8-5(11)2-4(10)6(12)7(8)13/h2-3H,1H3,(H,14,15)/t3-/m0/s1. The molecule has 1 rings (SSSR count). The number of benzene rings is 1. The van der Waals surface area contributed by atoms with E-state index in [1.807, 2.05) is 0 Å². The average Bonchev–Trinajstić information content (AvgIpc) is 2.20. The lowest BCUT2D eigenvalue weighted by atomic mass is 10.3. The molecule has 0 aromatic heterocycles. The van der Waals surface area contributed by atoms with Crippen LogP contribution in [0.15, 0.2) is 6.07 Å². The fourth-order valence-electron chi connectivity index (χ4n) is 0.885. The summed E-state index contributed by atoms with van der Waals surface area (Å²) in [5, 5.41) is 9.02. The first kappa shape index (κ1) is 13.7. The largest absolute Gasteiger partial charge is 0.479 e. The Labute approximate surface area is 112 Å². The Balaban J connectivity index is 3.14. The van der Waals surface area contributed by atoms with Crippen molar-refractivity contribution in [3.05, 3.63) is 26.2 Å². The van der Waals surface area contributed by atoms with E-state index in [0.29, 0.717) is 0 Å². The second-order valence-corrected chi connectivity index (χ2v) is 4.47. The summed E-state index contributed by atoms with van der Waals surface area (Å²) >= 11 is 23.1. The lowest BCUT2D eigenvalue weighted by Gasteiger charge is -2.14. The summed E-state index contributed by atoms with van der Waals surface area (Å²) in [6, 6.07) is 1.33. The number of halogens is 4. The van der Waals surface area contributed by atoms with E-state index in [-0.39, 0.29) is 25.8 Å². The Morgan fingerprint density at radius 3 is 2.31 bits per heavy atom. The molecule has 0 saturated carbocycles. The van der Waals surface area contributed by atoms with Gasteiger partial charge in [-0.3, -0.25) is 0 Å². The van der Waals surface area contributed by atoms with E-state index < -0.39 is 12.1 Å². The van der Waals surface area contributed by atoms with Crippen LogP contribution in [0.4, 0.5) is 0 Å². The molecule has 3 nitrogen and oxygen atoms in total. The molecule has 0 saturated heterocycles. The highest BCUT2D eigenvalue weighted by atomic mass is 35.5. The Morgan fingerprint density at radius 2 is 1.81 bits per heavy atom. The summed E-state index contributed by atoms with van der Waals surface area (Å²) in [5.74, 6) is -1.13. The molecule has 0 spiro atoms. The van der Waals surface area contributed by atoms with Crippen LogP contribution >= 0.6 is 46.4 Å². The molecule has 16 heavy (non-hydrogen) atoms. The highest BCUT2D eigenvalue weighted by molar-refractivity contribution is 6.50. The molecule has 0 aliphatic rings. The first-order valence-electron chi connectivity index (χ1n) is 4.07. The Kier molecular flexibility index (Phi) is 4.56. The van der Waals surface area contributed by atoms with Gasteiger partial charge < -0.3 is 9.84 Å². The lowest BCUT2D eigenvalue weighted by Crippen LogP contribution is -2.23. The number of ether oxygens (including phenoxy) is 1. The number of hydrogen-bond donors (Lipinski definition) is 1. The summed E-state index contributed by atoms with van der Waals surface area (Å²) in [6.45, 7) is 1.34. The number of carboxylic acid groups (broad SMARTS) is 1. The number of carbonyl (C=O) groups is 1. The normalized spacial score (nSPS) is 12.3. The van der Waals surface area contributed by atoms with Crippen molar-refractivity contribution in [3.8, 4) is 5.75 Å². The monoisotopic (exact) mass is 302 g/mol. The second kappa shape index (κ2) is 5.32. The van der Waals surface area contributed by atoms with Crippen molar-refractivity contribution in [3.63, 3.8) is 0 Å². The van der Waals surface area contributed by atoms with Crippen LogP contribution < -0.4 is 4.74 Å². The molecule has 0 heterocycles. The van der Waals surface area contributed by atoms with Crippen molar-refractivity contribution in [1.82, 2.24) is 0 Å². The van der Waals surface area contributed by atoms with Crippen LogP contribution in [0.5, 0.6) is 5.75 Å². The van der Waals surface area contributed by atoms with Crippen molar-refractivity contribution in [2.24, 2.45) is 0 Å². The van der Waals surface area contributed by atoms with Crippen LogP contribution in [-0.4, -0.2) is 17.2 Å². The third-order valence-electron chi connectivity index (χ3n) is 1.71. The molecule has 1 N–H and O–H groups in total. The number of aliphatic carboxylic acids is 1. The molecule has 0 aliphatic heterocycles. The first-order chi connectivity index (χ1) is 7.34. The first-order valence-corrected chi connectivity index (χ1v) is 5.58. The molecule has 1 aromatic carbocycles. The highest BCUT2D eigenvalue weighted by Gasteiger charge is 2.20. The third kappa shape index (κ3) is 2.86. The fourth-order valence-corrected chi connectivity index (χ4v) is 1.88. The minimum Gasteiger partial charge on any atom is -0.479 e. The van der Waals surface area contributed by atoms with Gasteiger partial charge in [-0.05, 0) is 13.0 Å². The van der Waals surface area contributed by atoms with E-state index in [0.717, 1.165) is 0 Å². The van der Waals surface area contributed by atoms with Gasteiger partial charge in [0.05, 0.1) is 15.1 Å². The van der Waals surface area contributed by atoms with Crippen molar-refractivity contribution in [1.29, 1.82) is 0 Å². The SMILES string of the molecule is C[C@H](Oc1c(Cl)cc(Cl)c(Cl)c1Cl)C(=O)O. The molecule has 0 bridgehead atoms. The Morgan fingerprint density at radius 1 is 1.25 bits per heavy atom. The minimum atomic E-state index is -1.14. The van der Waals surface area contributed by atoms with Crippen LogP contribution in [0.1, 0.15) is 6.92 Å². The van der Waals surface area contributed by atoms with Crippen LogP contribution in [0.2, 0.25) is 20.1 Å². The van der Waals surface area contributed by atoms with E-state index >= 15 is 0 Å². The summed E-state index contributed by atoms with van der Waals surface area (Å²) < 4.78 is 5.07. The average molecular weight is 304 g/mol. The lowest BCUT2D eigenvalue weighted by molar-refractivity contribution is -0.144. The quantitative estimate of drug-likeness (QED) is 0.674. The number of hydrogen-bond acceptors (Lipinski definition) is 2. The maximum absolute atomic E-state index is 10.6. The minimum absolute atomic E-state index is 0.00707. The van der Waals surface area contributed by atoms with Gasteiger partial charge in [-0.1, -0.05) is 46.4 Å². The molecule has 0 aliphatic carbocycles. The Bertz CT molecular complexity index is 433. The summed E-state index contributed by atoms with van der Waals surface area (Å²) in [4.78, 5) is 10.6. The van der Waals surface area contributed by atoms with Gasteiger partial charge >= 0.3 is 5.97 Å². The second-order valence-electron chi connectivity index (χ2n) is 2.90. The molecule has 0 amide bonds. The molecule has 0 radical (unpaired) electrons. The molecular weight excluding hydrogens is 298 g/mol. The predicted octanol–water partition coefficient (Wildman–Crippen LogP) is 4.15. The van der Waals surface area contributed by atoms with Crippen LogP contribution in [0, 0.1) is 0 Å². The topological polar surface area (TPSA) is 46.5 Å². The van der Waals surface area contributed by atoms with Gasteiger partial charge in [0.15, 0.2) is 11.9 Å². The van der Waals surface area contributed by atoms with Gasteiger partial charge in [0.1, 0.15) is 5.02 Å². The van der Waals surface area contributed by atoms with Crippen molar-refractivity contribution in [2.75, 3.05) is 0 Å². The molecule has 88 valence electrons. The highest BCUT2D eigenvalue weighted by Crippen LogP contribution is 2.42. The van der Waals surface area contributed by atoms with E-state index in [1.54, 1.807) is 0 Å². The van der Waals surface area contributed by atoms with E-state index in [9.17, 15) is 4.79 Å². The van der Waals surface area contributed by atoms with Crippen molar-refractivity contribution < 1.29 is 14.6 Å². The van der Waals surface area contributed by atoms with Crippen molar-refractivity contribution in [2.45, 2.75) is 13.0 Å². The fraction of sp³-hybridized carbons (Fsp3) is 0.222. The summed E-state index contributed by atoms with van der Waals surface area (Å²) in [6.07, 6.45) is -1.09. The van der Waals surface area contributed by atoms with E-state index in [2.05, 4.69) is 0 Å². The molecule has 1 aromatic rings.